The van der Waals surface area contributed by atoms with Gasteiger partial charge in [-0.1, -0.05) is 30.3 Å². The van der Waals surface area contributed by atoms with Gasteiger partial charge in [0.15, 0.2) is 0 Å². The lowest BCUT2D eigenvalue weighted by Gasteiger charge is -2.09. The summed E-state index contributed by atoms with van der Waals surface area (Å²) in [6.07, 6.45) is 4.21. The number of aryl methyl sites for hydroxylation is 4. The minimum Gasteiger partial charge on any atom is -0.357 e. The summed E-state index contributed by atoms with van der Waals surface area (Å²) < 4.78 is 0. The fourth-order valence-corrected chi connectivity index (χ4v) is 4.38. The van der Waals surface area contributed by atoms with Gasteiger partial charge in [-0.25, -0.2) is 4.99 Å². The molecule has 0 amide bonds. The van der Waals surface area contributed by atoms with Crippen molar-refractivity contribution in [2.24, 2.45) is 4.99 Å². The molecule has 3 N–H and O–H groups in total. The van der Waals surface area contributed by atoms with Crippen LogP contribution in [0.25, 0.3) is 17.0 Å². The minimum atomic E-state index is 0.959. The predicted molar refractivity (Wildman–Crippen MR) is 128 cm³/mol. The molecule has 3 aromatic heterocycles. The van der Waals surface area contributed by atoms with Crippen molar-refractivity contribution in [3.8, 4) is 11.4 Å². The van der Waals surface area contributed by atoms with E-state index < -0.39 is 0 Å². The molecule has 0 saturated heterocycles. The summed E-state index contributed by atoms with van der Waals surface area (Å²) in [5.41, 5.74) is 13.3. The van der Waals surface area contributed by atoms with Crippen LogP contribution in [0.4, 0.5) is 0 Å². The molecule has 1 aliphatic rings. The van der Waals surface area contributed by atoms with Crippen LogP contribution >= 0.6 is 0 Å². The highest BCUT2D eigenvalue weighted by atomic mass is 14.9. The van der Waals surface area contributed by atoms with Crippen LogP contribution in [0.15, 0.2) is 77.4 Å². The number of aromatic nitrogens is 3. The molecule has 4 heterocycles. The minimum absolute atomic E-state index is 0.959. The number of rotatable bonds is 4. The molecule has 4 aromatic rings. The average molecular weight is 407 g/mol. The molecule has 0 fully saturated rings. The smallest absolute Gasteiger partial charge is 0.0875 e. The largest absolute Gasteiger partial charge is 0.357 e. The van der Waals surface area contributed by atoms with Gasteiger partial charge in [0.05, 0.1) is 28.5 Å². The van der Waals surface area contributed by atoms with E-state index in [1.54, 1.807) is 0 Å². The Hall–Kier alpha value is -3.79. The van der Waals surface area contributed by atoms with E-state index in [1.807, 2.05) is 6.07 Å². The summed E-state index contributed by atoms with van der Waals surface area (Å²) in [6, 6.07) is 19.1. The molecule has 1 aromatic carbocycles. The van der Waals surface area contributed by atoms with E-state index in [0.29, 0.717) is 0 Å². The number of hydrogen-bond donors (Lipinski definition) is 3. The van der Waals surface area contributed by atoms with Gasteiger partial charge in [-0.3, -0.25) is 0 Å². The van der Waals surface area contributed by atoms with E-state index in [1.165, 1.54) is 11.1 Å². The maximum atomic E-state index is 5.02. The second-order valence-corrected chi connectivity index (χ2v) is 8.26. The van der Waals surface area contributed by atoms with Crippen molar-refractivity contribution in [1.82, 2.24) is 15.0 Å². The van der Waals surface area contributed by atoms with Crippen molar-refractivity contribution in [3.05, 3.63) is 112 Å². The van der Waals surface area contributed by atoms with Crippen LogP contribution in [0.5, 0.6) is 0 Å². The Morgan fingerprint density at radius 3 is 2.03 bits per heavy atom. The Labute approximate surface area is 182 Å². The van der Waals surface area contributed by atoms with Crippen LogP contribution in [0.3, 0.4) is 0 Å². The van der Waals surface area contributed by atoms with Crippen molar-refractivity contribution in [2.75, 3.05) is 0 Å². The van der Waals surface area contributed by atoms with Gasteiger partial charge in [0, 0.05) is 22.7 Å². The molecular formula is C27H26N4. The van der Waals surface area contributed by atoms with Gasteiger partial charge in [-0.05, 0) is 80.8 Å². The first-order chi connectivity index (χ1) is 15.0. The van der Waals surface area contributed by atoms with E-state index in [-0.39, 0.29) is 0 Å². The van der Waals surface area contributed by atoms with Gasteiger partial charge in [0.1, 0.15) is 0 Å². The molecule has 0 bridgehead atoms. The zero-order valence-electron chi connectivity index (χ0n) is 18.3. The standard InChI is InChI=1S/C27H26N4/c1-16-14-18(3)28-26(16)23-12-10-21(30-23)25(20-8-6-5-7-9-20)22-11-13-24(31-22)27-17(2)15-19(4)29-27/h5-15,28-30H,1-4H3/b25-22-. The van der Waals surface area contributed by atoms with Crippen molar-refractivity contribution in [3.63, 3.8) is 0 Å². The van der Waals surface area contributed by atoms with E-state index in [9.17, 15) is 0 Å². The van der Waals surface area contributed by atoms with Crippen molar-refractivity contribution >= 4 is 11.3 Å². The van der Waals surface area contributed by atoms with Gasteiger partial charge in [-0.2, -0.15) is 0 Å². The lowest BCUT2D eigenvalue weighted by Crippen LogP contribution is -1.97. The number of H-pyrrole nitrogens is 3. The number of aliphatic imine (C=N–C) groups is 1. The Bertz CT molecular complexity index is 1350. The third kappa shape index (κ3) is 3.50. The second kappa shape index (κ2) is 7.47. The number of hydrogen-bond acceptors (Lipinski definition) is 1. The first kappa shape index (κ1) is 19.2. The molecular weight excluding hydrogens is 380 g/mol. The first-order valence-electron chi connectivity index (χ1n) is 10.6. The highest BCUT2D eigenvalue weighted by molar-refractivity contribution is 6.12. The SMILES string of the molecule is Cc1cc(C)c(C2=N/C(=C(/c3ccccc3)c3ccc(-c4[nH]c(C)cc4C)[nH]3)C=C2)[nH]1. The quantitative estimate of drug-likeness (QED) is 0.352. The van der Waals surface area contributed by atoms with E-state index >= 15 is 0 Å². The fourth-order valence-electron chi connectivity index (χ4n) is 4.38. The monoisotopic (exact) mass is 406 g/mol. The van der Waals surface area contributed by atoms with Gasteiger partial charge < -0.3 is 15.0 Å². The molecule has 0 atom stereocenters. The lowest BCUT2D eigenvalue weighted by molar-refractivity contribution is 1.23. The molecule has 0 aliphatic carbocycles. The number of nitrogens with one attached hydrogen (secondary N) is 3. The summed E-state index contributed by atoms with van der Waals surface area (Å²) >= 11 is 0. The first-order valence-corrected chi connectivity index (χ1v) is 10.6. The van der Waals surface area contributed by atoms with Crippen molar-refractivity contribution in [2.45, 2.75) is 27.7 Å². The van der Waals surface area contributed by atoms with Crippen molar-refractivity contribution < 1.29 is 0 Å². The summed E-state index contributed by atoms with van der Waals surface area (Å²) in [5, 5.41) is 0. The fraction of sp³-hybridized carbons (Fsp3) is 0.148. The Morgan fingerprint density at radius 1 is 0.710 bits per heavy atom. The van der Waals surface area contributed by atoms with Crippen LogP contribution in [-0.4, -0.2) is 20.7 Å². The van der Waals surface area contributed by atoms with Gasteiger partial charge in [0.2, 0.25) is 0 Å². The van der Waals surface area contributed by atoms with Crippen LogP contribution < -0.4 is 0 Å². The summed E-state index contributed by atoms with van der Waals surface area (Å²) in [5.74, 6) is 0. The van der Waals surface area contributed by atoms with Gasteiger partial charge in [-0.15, -0.1) is 0 Å². The summed E-state index contributed by atoms with van der Waals surface area (Å²) in [7, 11) is 0. The van der Waals surface area contributed by atoms with E-state index in [4.69, 9.17) is 4.99 Å². The average Bonchev–Trinajstić information content (AvgIpc) is 3.52. The maximum absolute atomic E-state index is 5.02. The molecule has 0 radical (unpaired) electrons. The van der Waals surface area contributed by atoms with Crippen LogP contribution in [0, 0.1) is 27.7 Å². The third-order valence-electron chi connectivity index (χ3n) is 5.74. The molecule has 1 aliphatic heterocycles. The molecule has 0 unspecified atom stereocenters. The molecule has 4 heteroatoms. The molecule has 0 saturated carbocycles. The lowest BCUT2D eigenvalue weighted by atomic mass is 10.0. The molecule has 4 nitrogen and oxygen atoms in total. The second-order valence-electron chi connectivity index (χ2n) is 8.26. The Morgan fingerprint density at radius 2 is 1.39 bits per heavy atom. The number of nitrogens with zero attached hydrogens (tertiary/aromatic N) is 1. The van der Waals surface area contributed by atoms with Gasteiger partial charge in [0.25, 0.3) is 0 Å². The Kier molecular flexibility index (Phi) is 4.63. The molecule has 31 heavy (non-hydrogen) atoms. The molecule has 154 valence electrons. The number of aromatic amines is 3. The summed E-state index contributed by atoms with van der Waals surface area (Å²) in [4.78, 5) is 15.6. The van der Waals surface area contributed by atoms with Crippen LogP contribution in [-0.2, 0) is 0 Å². The number of allylic oxidation sites excluding steroid dienone is 2. The van der Waals surface area contributed by atoms with Crippen molar-refractivity contribution in [1.29, 1.82) is 0 Å². The predicted octanol–water partition coefficient (Wildman–Crippen LogP) is 6.39. The third-order valence-corrected chi connectivity index (χ3v) is 5.74. The normalized spacial score (nSPS) is 14.9. The zero-order valence-corrected chi connectivity index (χ0v) is 18.3. The molecule has 5 rings (SSSR count). The number of benzene rings is 1. The van der Waals surface area contributed by atoms with E-state index in [2.05, 4.69) is 103 Å². The molecule has 0 spiro atoms. The summed E-state index contributed by atoms with van der Waals surface area (Å²) in [6.45, 7) is 8.41. The highest BCUT2D eigenvalue weighted by Crippen LogP contribution is 2.33. The van der Waals surface area contributed by atoms with Crippen LogP contribution in [0.1, 0.15) is 39.5 Å². The van der Waals surface area contributed by atoms with E-state index in [0.717, 1.165) is 56.7 Å². The topological polar surface area (TPSA) is 59.7 Å². The maximum Gasteiger partial charge on any atom is 0.0875 e. The zero-order chi connectivity index (χ0) is 21.5. The highest BCUT2D eigenvalue weighted by Gasteiger charge is 2.18. The van der Waals surface area contributed by atoms with Gasteiger partial charge >= 0.3 is 0 Å². The Balaban J connectivity index is 1.64. The van der Waals surface area contributed by atoms with Crippen LogP contribution in [0.2, 0.25) is 0 Å².